The van der Waals surface area contributed by atoms with Crippen LogP contribution in [0.4, 0.5) is 8.78 Å². The molecule has 0 saturated heterocycles. The molecule has 5 heteroatoms. The summed E-state index contributed by atoms with van der Waals surface area (Å²) in [4.78, 5) is 4.01. The number of aromatic nitrogens is 2. The van der Waals surface area contributed by atoms with E-state index in [0.717, 1.165) is 6.07 Å². The molecule has 2 aromatic carbocycles. The minimum absolute atomic E-state index is 0.0228. The van der Waals surface area contributed by atoms with Crippen molar-refractivity contribution in [2.45, 2.75) is 18.3 Å². The standard InChI is InChI=1S/C18H16F2N2Se/c1-13-3-2-4-15(9-13)23-18(11-22-8-7-21-12-22)16-6-5-14(19)10-17(16)20/h2-10,12,18H,11H2,1H3. The molecule has 0 bridgehead atoms. The second-order valence-electron chi connectivity index (χ2n) is 5.35. The number of nitrogens with zero attached hydrogens (tertiary/aromatic N) is 2. The molecule has 3 aromatic rings. The summed E-state index contributed by atoms with van der Waals surface area (Å²) in [7, 11) is 0. The van der Waals surface area contributed by atoms with Crippen molar-refractivity contribution in [2.75, 3.05) is 0 Å². The van der Waals surface area contributed by atoms with Crippen LogP contribution in [0.2, 0.25) is 0 Å². The molecule has 1 atom stereocenters. The molecule has 0 spiro atoms. The van der Waals surface area contributed by atoms with Gasteiger partial charge in [-0.15, -0.1) is 0 Å². The van der Waals surface area contributed by atoms with Crippen molar-refractivity contribution in [3.8, 4) is 0 Å². The summed E-state index contributed by atoms with van der Waals surface area (Å²) in [6, 6.07) is 12.1. The van der Waals surface area contributed by atoms with Crippen LogP contribution in [-0.4, -0.2) is 24.5 Å². The van der Waals surface area contributed by atoms with Gasteiger partial charge in [-0.2, -0.15) is 0 Å². The van der Waals surface area contributed by atoms with Gasteiger partial charge in [-0.05, 0) is 0 Å². The fraction of sp³-hybridized carbons (Fsp3) is 0.167. The van der Waals surface area contributed by atoms with Crippen molar-refractivity contribution in [2.24, 2.45) is 0 Å². The first-order chi connectivity index (χ1) is 11.1. The zero-order valence-electron chi connectivity index (χ0n) is 12.6. The molecule has 1 aromatic heterocycles. The number of halogens is 2. The maximum absolute atomic E-state index is 14.3. The third-order valence-electron chi connectivity index (χ3n) is 3.51. The summed E-state index contributed by atoms with van der Waals surface area (Å²) in [5.41, 5.74) is 1.74. The van der Waals surface area contributed by atoms with Gasteiger partial charge in [-0.1, -0.05) is 0 Å². The summed E-state index contributed by atoms with van der Waals surface area (Å²) in [5.74, 6) is -1.03. The number of imidazole rings is 1. The number of aryl methyl sites for hydroxylation is 1. The van der Waals surface area contributed by atoms with Gasteiger partial charge in [-0.3, -0.25) is 0 Å². The van der Waals surface area contributed by atoms with E-state index in [1.807, 2.05) is 29.8 Å². The molecule has 0 amide bonds. The van der Waals surface area contributed by atoms with E-state index in [2.05, 4.69) is 17.1 Å². The van der Waals surface area contributed by atoms with Crippen LogP contribution in [0.3, 0.4) is 0 Å². The van der Waals surface area contributed by atoms with Crippen LogP contribution in [0.25, 0.3) is 0 Å². The molecular formula is C18H16F2N2Se. The summed E-state index contributed by atoms with van der Waals surface area (Å²) in [5, 5.41) is 0. The normalized spacial score (nSPS) is 12.3. The van der Waals surface area contributed by atoms with Crippen LogP contribution >= 0.6 is 0 Å². The molecule has 0 aliphatic carbocycles. The Morgan fingerprint density at radius 1 is 1.17 bits per heavy atom. The third kappa shape index (κ3) is 4.06. The van der Waals surface area contributed by atoms with E-state index in [-0.39, 0.29) is 19.8 Å². The average Bonchev–Trinajstić information content (AvgIpc) is 3.00. The number of benzene rings is 2. The van der Waals surface area contributed by atoms with Crippen molar-refractivity contribution in [3.63, 3.8) is 0 Å². The first kappa shape index (κ1) is 15.9. The van der Waals surface area contributed by atoms with Gasteiger partial charge in [0.15, 0.2) is 0 Å². The molecule has 0 saturated carbocycles. The quantitative estimate of drug-likeness (QED) is 0.625. The third-order valence-corrected chi connectivity index (χ3v) is 6.06. The Labute approximate surface area is 140 Å². The van der Waals surface area contributed by atoms with Gasteiger partial charge in [0.05, 0.1) is 0 Å². The van der Waals surface area contributed by atoms with Crippen LogP contribution in [0.1, 0.15) is 15.9 Å². The van der Waals surface area contributed by atoms with Gasteiger partial charge in [0.1, 0.15) is 0 Å². The maximum atomic E-state index is 14.3. The molecule has 1 unspecified atom stereocenters. The Morgan fingerprint density at radius 2 is 2.04 bits per heavy atom. The molecule has 0 radical (unpaired) electrons. The van der Waals surface area contributed by atoms with Crippen molar-refractivity contribution in [1.82, 2.24) is 9.55 Å². The topological polar surface area (TPSA) is 17.8 Å². The summed E-state index contributed by atoms with van der Waals surface area (Å²) in [6.07, 6.45) is 5.29. The fourth-order valence-corrected chi connectivity index (χ4v) is 5.14. The Bertz CT molecular complexity index is 787. The van der Waals surface area contributed by atoms with Crippen molar-refractivity contribution in [1.29, 1.82) is 0 Å². The van der Waals surface area contributed by atoms with E-state index in [1.165, 1.54) is 16.1 Å². The zero-order chi connectivity index (χ0) is 16.2. The Kier molecular flexibility index (Phi) is 4.89. The van der Waals surface area contributed by atoms with Gasteiger partial charge < -0.3 is 0 Å². The van der Waals surface area contributed by atoms with E-state index in [0.29, 0.717) is 12.1 Å². The average molecular weight is 377 g/mol. The molecule has 2 nitrogen and oxygen atoms in total. The van der Waals surface area contributed by atoms with Crippen LogP contribution in [0.15, 0.2) is 61.2 Å². The molecule has 0 aliphatic heterocycles. The Morgan fingerprint density at radius 3 is 2.74 bits per heavy atom. The van der Waals surface area contributed by atoms with Crippen LogP contribution in [-0.2, 0) is 6.54 Å². The zero-order valence-corrected chi connectivity index (χ0v) is 14.3. The van der Waals surface area contributed by atoms with Gasteiger partial charge in [0.25, 0.3) is 0 Å². The SMILES string of the molecule is Cc1cccc([Se]C(Cn2ccnc2)c2ccc(F)cc2F)c1. The summed E-state index contributed by atoms with van der Waals surface area (Å²) < 4.78 is 30.6. The van der Waals surface area contributed by atoms with Gasteiger partial charge in [0.2, 0.25) is 0 Å². The molecule has 0 N–H and O–H groups in total. The van der Waals surface area contributed by atoms with Crippen LogP contribution in [0.5, 0.6) is 0 Å². The summed E-state index contributed by atoms with van der Waals surface area (Å²) >= 11 is 0.0228. The van der Waals surface area contributed by atoms with Crippen molar-refractivity contribution >= 4 is 19.4 Å². The van der Waals surface area contributed by atoms with E-state index in [4.69, 9.17) is 0 Å². The number of hydrogen-bond acceptors (Lipinski definition) is 1. The Hall–Kier alpha value is -1.97. The predicted molar refractivity (Wildman–Crippen MR) is 87.9 cm³/mol. The van der Waals surface area contributed by atoms with Crippen molar-refractivity contribution < 1.29 is 8.78 Å². The molecule has 3 rings (SSSR count). The van der Waals surface area contributed by atoms with Gasteiger partial charge >= 0.3 is 140 Å². The van der Waals surface area contributed by atoms with Crippen LogP contribution in [0, 0.1) is 18.6 Å². The van der Waals surface area contributed by atoms with Crippen molar-refractivity contribution in [3.05, 3.63) is 83.9 Å². The Balaban J connectivity index is 1.92. The van der Waals surface area contributed by atoms with Gasteiger partial charge in [-0.25, -0.2) is 0 Å². The summed E-state index contributed by atoms with van der Waals surface area (Å²) in [6.45, 7) is 2.67. The van der Waals surface area contributed by atoms with Gasteiger partial charge in [0, 0.05) is 0 Å². The van der Waals surface area contributed by atoms with E-state index in [1.54, 1.807) is 18.6 Å². The monoisotopic (exact) mass is 378 g/mol. The second kappa shape index (κ2) is 7.07. The van der Waals surface area contributed by atoms with E-state index < -0.39 is 11.6 Å². The molecule has 0 fully saturated rings. The first-order valence-corrected chi connectivity index (χ1v) is 9.10. The molecule has 23 heavy (non-hydrogen) atoms. The van der Waals surface area contributed by atoms with E-state index in [9.17, 15) is 8.78 Å². The second-order valence-corrected chi connectivity index (χ2v) is 8.03. The molecule has 1 heterocycles. The first-order valence-electron chi connectivity index (χ1n) is 7.26. The molecule has 0 aliphatic rings. The number of rotatable bonds is 5. The fourth-order valence-electron chi connectivity index (χ4n) is 2.40. The van der Waals surface area contributed by atoms with E-state index >= 15 is 0 Å². The number of hydrogen-bond donors (Lipinski definition) is 0. The molecule has 118 valence electrons. The molecular weight excluding hydrogens is 361 g/mol. The van der Waals surface area contributed by atoms with Crippen LogP contribution < -0.4 is 4.46 Å². The minimum atomic E-state index is -0.546. The predicted octanol–water partition coefficient (Wildman–Crippen LogP) is 3.24.